The highest BCUT2D eigenvalue weighted by Crippen LogP contribution is 2.38. The second-order valence-electron chi connectivity index (χ2n) is 8.41. The SMILES string of the molecule is Cc1ccc(-n2ccc(C(=O)Nc3ccc(C4(C#N)CCC(O)CC4)nc3)c2)c(C)c1. The standard InChI is InChI=1S/C25H26N4O2/c1-17-3-5-22(18(2)13-17)29-12-9-19(15-29)24(31)28-20-4-6-23(27-14-20)25(16-26)10-7-21(30)8-11-25/h3-6,9,12-15,21,30H,7-8,10-11H2,1-2H3,(H,28,31). The van der Waals surface area contributed by atoms with Crippen LogP contribution in [0.3, 0.4) is 0 Å². The molecule has 158 valence electrons. The maximum Gasteiger partial charge on any atom is 0.257 e. The zero-order chi connectivity index (χ0) is 22.0. The fraction of sp³-hybridized carbons (Fsp3) is 0.320. The lowest BCUT2D eigenvalue weighted by Gasteiger charge is -2.32. The molecule has 1 aromatic carbocycles. The molecule has 1 aliphatic carbocycles. The van der Waals surface area contributed by atoms with Crippen LogP contribution in [0.15, 0.2) is 55.0 Å². The molecule has 0 saturated heterocycles. The summed E-state index contributed by atoms with van der Waals surface area (Å²) in [7, 11) is 0. The third-order valence-electron chi connectivity index (χ3n) is 6.12. The van der Waals surface area contributed by atoms with Crippen LogP contribution in [0.1, 0.15) is 52.9 Å². The number of carbonyl (C=O) groups is 1. The molecule has 4 rings (SSSR count). The molecule has 6 nitrogen and oxygen atoms in total. The van der Waals surface area contributed by atoms with Gasteiger partial charge in [0.1, 0.15) is 0 Å². The van der Waals surface area contributed by atoms with Crippen LogP contribution in [0, 0.1) is 25.2 Å². The van der Waals surface area contributed by atoms with Crippen LogP contribution in [-0.4, -0.2) is 26.7 Å². The zero-order valence-electron chi connectivity index (χ0n) is 17.8. The highest BCUT2D eigenvalue weighted by Gasteiger charge is 2.37. The molecule has 31 heavy (non-hydrogen) atoms. The molecular formula is C25H26N4O2. The smallest absolute Gasteiger partial charge is 0.257 e. The van der Waals surface area contributed by atoms with Crippen LogP contribution >= 0.6 is 0 Å². The van der Waals surface area contributed by atoms with E-state index in [2.05, 4.69) is 42.4 Å². The monoisotopic (exact) mass is 414 g/mol. The Bertz CT molecular complexity index is 1130. The predicted molar refractivity (Wildman–Crippen MR) is 119 cm³/mol. The molecule has 0 bridgehead atoms. The predicted octanol–water partition coefficient (Wildman–Crippen LogP) is 4.44. The minimum atomic E-state index is -0.662. The number of nitrogens with zero attached hydrogens (tertiary/aromatic N) is 3. The Morgan fingerprint density at radius 3 is 2.65 bits per heavy atom. The van der Waals surface area contributed by atoms with Crippen LogP contribution < -0.4 is 5.32 Å². The van der Waals surface area contributed by atoms with Crippen molar-refractivity contribution < 1.29 is 9.90 Å². The van der Waals surface area contributed by atoms with Crippen molar-refractivity contribution in [3.8, 4) is 11.8 Å². The maximum atomic E-state index is 12.7. The number of nitriles is 1. The van der Waals surface area contributed by atoms with Gasteiger partial charge >= 0.3 is 0 Å². The van der Waals surface area contributed by atoms with Gasteiger partial charge in [0.2, 0.25) is 0 Å². The molecule has 0 aliphatic heterocycles. The quantitative estimate of drug-likeness (QED) is 0.660. The molecule has 0 radical (unpaired) electrons. The molecule has 2 N–H and O–H groups in total. The summed E-state index contributed by atoms with van der Waals surface area (Å²) in [6.07, 6.45) is 7.34. The lowest BCUT2D eigenvalue weighted by Crippen LogP contribution is -2.33. The molecule has 1 aliphatic rings. The van der Waals surface area contributed by atoms with E-state index < -0.39 is 5.41 Å². The molecule has 1 amide bonds. The maximum absolute atomic E-state index is 12.7. The summed E-state index contributed by atoms with van der Waals surface area (Å²) in [5.41, 5.74) is 4.55. The Balaban J connectivity index is 1.47. The average molecular weight is 415 g/mol. The number of nitrogens with one attached hydrogen (secondary N) is 1. The molecular weight excluding hydrogens is 388 g/mol. The lowest BCUT2D eigenvalue weighted by atomic mass is 9.72. The largest absolute Gasteiger partial charge is 0.393 e. The number of aliphatic hydroxyl groups excluding tert-OH is 1. The number of benzene rings is 1. The van der Waals surface area contributed by atoms with E-state index in [1.807, 2.05) is 23.0 Å². The van der Waals surface area contributed by atoms with Gasteiger partial charge in [-0.25, -0.2) is 0 Å². The second kappa shape index (κ2) is 8.37. The highest BCUT2D eigenvalue weighted by molar-refractivity contribution is 6.04. The molecule has 1 fully saturated rings. The van der Waals surface area contributed by atoms with Gasteiger partial charge in [-0.2, -0.15) is 5.26 Å². The number of hydrogen-bond donors (Lipinski definition) is 2. The third-order valence-corrected chi connectivity index (χ3v) is 6.12. The molecule has 1 saturated carbocycles. The van der Waals surface area contributed by atoms with Gasteiger partial charge in [-0.3, -0.25) is 9.78 Å². The van der Waals surface area contributed by atoms with E-state index in [0.717, 1.165) is 11.3 Å². The van der Waals surface area contributed by atoms with Crippen LogP contribution in [-0.2, 0) is 5.41 Å². The van der Waals surface area contributed by atoms with Crippen molar-refractivity contribution in [2.45, 2.75) is 51.0 Å². The Labute approximate surface area is 182 Å². The first kappa shape index (κ1) is 20.8. The summed E-state index contributed by atoms with van der Waals surface area (Å²) in [6, 6.07) is 14.0. The van der Waals surface area contributed by atoms with Gasteiger partial charge in [0.15, 0.2) is 0 Å². The van der Waals surface area contributed by atoms with Gasteiger partial charge in [-0.05, 0) is 69.4 Å². The average Bonchev–Trinajstić information content (AvgIpc) is 3.25. The lowest BCUT2D eigenvalue weighted by molar-refractivity contribution is 0.102. The van der Waals surface area contributed by atoms with E-state index in [4.69, 9.17) is 0 Å². The molecule has 3 aromatic rings. The van der Waals surface area contributed by atoms with Gasteiger partial charge in [0.05, 0.1) is 40.7 Å². The van der Waals surface area contributed by atoms with Crippen molar-refractivity contribution in [3.63, 3.8) is 0 Å². The van der Waals surface area contributed by atoms with Crippen molar-refractivity contribution in [1.29, 1.82) is 5.26 Å². The number of amides is 1. The van der Waals surface area contributed by atoms with Crippen molar-refractivity contribution >= 4 is 11.6 Å². The molecule has 2 heterocycles. The third kappa shape index (κ3) is 4.23. The zero-order valence-corrected chi connectivity index (χ0v) is 17.8. The molecule has 6 heteroatoms. The summed E-state index contributed by atoms with van der Waals surface area (Å²) in [4.78, 5) is 17.2. The minimum Gasteiger partial charge on any atom is -0.393 e. The van der Waals surface area contributed by atoms with E-state index in [-0.39, 0.29) is 12.0 Å². The number of aryl methyl sites for hydroxylation is 2. The van der Waals surface area contributed by atoms with E-state index in [0.29, 0.717) is 42.6 Å². The first-order valence-corrected chi connectivity index (χ1v) is 10.5. The van der Waals surface area contributed by atoms with Crippen LogP contribution in [0.5, 0.6) is 0 Å². The van der Waals surface area contributed by atoms with E-state index in [1.54, 1.807) is 24.4 Å². The topological polar surface area (TPSA) is 90.9 Å². The number of aliphatic hydroxyl groups is 1. The molecule has 0 spiro atoms. The fourth-order valence-electron chi connectivity index (χ4n) is 4.25. The van der Waals surface area contributed by atoms with Gasteiger partial charge < -0.3 is 15.0 Å². The number of pyridine rings is 1. The number of rotatable bonds is 4. The number of carbonyl (C=O) groups excluding carboxylic acids is 1. The summed E-state index contributed by atoms with van der Waals surface area (Å²) in [6.45, 7) is 4.11. The van der Waals surface area contributed by atoms with Gasteiger partial charge in [-0.1, -0.05) is 17.7 Å². The van der Waals surface area contributed by atoms with Crippen molar-refractivity contribution in [2.75, 3.05) is 5.32 Å². The van der Waals surface area contributed by atoms with Gasteiger partial charge in [-0.15, -0.1) is 0 Å². The second-order valence-corrected chi connectivity index (χ2v) is 8.41. The van der Waals surface area contributed by atoms with Crippen molar-refractivity contribution in [1.82, 2.24) is 9.55 Å². The Morgan fingerprint density at radius 2 is 2.00 bits per heavy atom. The molecule has 2 aromatic heterocycles. The number of aromatic nitrogens is 2. The first-order valence-electron chi connectivity index (χ1n) is 10.5. The van der Waals surface area contributed by atoms with Gasteiger partial charge in [0, 0.05) is 18.1 Å². The van der Waals surface area contributed by atoms with E-state index in [1.165, 1.54) is 5.56 Å². The van der Waals surface area contributed by atoms with Crippen molar-refractivity contribution in [3.05, 3.63) is 77.4 Å². The van der Waals surface area contributed by atoms with E-state index >= 15 is 0 Å². The minimum absolute atomic E-state index is 0.214. The Hall–Kier alpha value is -3.43. The van der Waals surface area contributed by atoms with Crippen LogP contribution in [0.4, 0.5) is 5.69 Å². The van der Waals surface area contributed by atoms with Crippen molar-refractivity contribution in [2.24, 2.45) is 0 Å². The normalized spacial score (nSPS) is 20.8. The molecule has 0 atom stereocenters. The van der Waals surface area contributed by atoms with Crippen LogP contribution in [0.2, 0.25) is 0 Å². The molecule has 0 unspecified atom stereocenters. The summed E-state index contributed by atoms with van der Waals surface area (Å²) in [5, 5.41) is 22.4. The number of hydrogen-bond acceptors (Lipinski definition) is 4. The summed E-state index contributed by atoms with van der Waals surface area (Å²) < 4.78 is 1.94. The summed E-state index contributed by atoms with van der Waals surface area (Å²) in [5.74, 6) is -0.214. The highest BCUT2D eigenvalue weighted by atomic mass is 16.3. The first-order chi connectivity index (χ1) is 14.9. The van der Waals surface area contributed by atoms with Crippen LogP contribution in [0.25, 0.3) is 5.69 Å². The fourth-order valence-corrected chi connectivity index (χ4v) is 4.25. The summed E-state index contributed by atoms with van der Waals surface area (Å²) >= 11 is 0. The van der Waals surface area contributed by atoms with E-state index in [9.17, 15) is 15.2 Å². The van der Waals surface area contributed by atoms with Gasteiger partial charge in [0.25, 0.3) is 5.91 Å². The number of anilines is 1. The Morgan fingerprint density at radius 1 is 1.23 bits per heavy atom. The Kier molecular flexibility index (Phi) is 5.62.